The molecule has 146 valence electrons. The van der Waals surface area contributed by atoms with E-state index in [0.29, 0.717) is 11.8 Å². The van der Waals surface area contributed by atoms with E-state index in [1.54, 1.807) is 0 Å². The summed E-state index contributed by atoms with van der Waals surface area (Å²) in [5, 5.41) is 0. The Kier molecular flexibility index (Phi) is 3.10. The van der Waals surface area contributed by atoms with Gasteiger partial charge in [-0.25, -0.2) is 0 Å². The number of rotatable bonds is 3. The van der Waals surface area contributed by atoms with Gasteiger partial charge in [-0.3, -0.25) is 4.79 Å². The summed E-state index contributed by atoms with van der Waals surface area (Å²) in [6.07, 6.45) is 16.7. The van der Waals surface area contributed by atoms with Crippen LogP contribution in [0.5, 0.6) is 0 Å². The van der Waals surface area contributed by atoms with Crippen LogP contribution in [0.25, 0.3) is 0 Å². The smallest absolute Gasteiger partial charge is 0.309 e. The standard InChI is InChI=1S/C25H34O2/c1-2-21-17-6-13-5-14(7-17)12-25(21,11-13)27-24(26)20-10-18-9-19(20)23-16-4-3-15(8-16)22(18)23/h3-4,13-23H,2,5-12H2,1H3. The lowest BCUT2D eigenvalue weighted by Gasteiger charge is -2.60. The zero-order valence-corrected chi connectivity index (χ0v) is 16.7. The van der Waals surface area contributed by atoms with Gasteiger partial charge in [0.25, 0.3) is 0 Å². The zero-order chi connectivity index (χ0) is 17.9. The molecule has 8 rings (SSSR count). The Balaban J connectivity index is 1.14. The molecule has 0 N–H and O–H groups in total. The molecule has 0 saturated heterocycles. The molecular formula is C25H34O2. The molecular weight excluding hydrogens is 332 g/mol. The maximum absolute atomic E-state index is 13.5. The first kappa shape index (κ1) is 16.1. The predicted molar refractivity (Wildman–Crippen MR) is 104 cm³/mol. The largest absolute Gasteiger partial charge is 0.459 e. The highest BCUT2D eigenvalue weighted by molar-refractivity contribution is 5.74. The van der Waals surface area contributed by atoms with Gasteiger partial charge in [-0.1, -0.05) is 19.1 Å². The highest BCUT2D eigenvalue weighted by Crippen LogP contribution is 2.67. The molecule has 7 saturated carbocycles. The van der Waals surface area contributed by atoms with Crippen molar-refractivity contribution < 1.29 is 9.53 Å². The van der Waals surface area contributed by atoms with Gasteiger partial charge in [0.15, 0.2) is 0 Å². The van der Waals surface area contributed by atoms with Gasteiger partial charge in [0.05, 0.1) is 5.92 Å². The first-order chi connectivity index (χ1) is 13.1. The van der Waals surface area contributed by atoms with Gasteiger partial charge in [0.1, 0.15) is 5.60 Å². The first-order valence-corrected chi connectivity index (χ1v) is 12.1. The van der Waals surface area contributed by atoms with Crippen LogP contribution in [0, 0.1) is 65.1 Å². The van der Waals surface area contributed by atoms with Crippen molar-refractivity contribution in [3.05, 3.63) is 12.2 Å². The number of fused-ring (bicyclic) bond motifs is 9. The van der Waals surface area contributed by atoms with Crippen molar-refractivity contribution in [2.75, 3.05) is 0 Å². The summed E-state index contributed by atoms with van der Waals surface area (Å²) < 4.78 is 6.66. The predicted octanol–water partition coefficient (Wildman–Crippen LogP) is 5.23. The van der Waals surface area contributed by atoms with Gasteiger partial charge in [-0.15, -0.1) is 0 Å². The summed E-state index contributed by atoms with van der Waals surface area (Å²) in [6, 6.07) is 0. The van der Waals surface area contributed by atoms with Crippen LogP contribution in [-0.4, -0.2) is 11.6 Å². The fourth-order valence-corrected chi connectivity index (χ4v) is 10.5. The molecule has 27 heavy (non-hydrogen) atoms. The maximum atomic E-state index is 13.5. The SMILES string of the molecule is CCC1C2CC3CC(C2)CC1(OC(=O)C1CC2CC1C1C4C=CC(C4)C21)C3. The lowest BCUT2D eigenvalue weighted by atomic mass is 9.49. The van der Waals surface area contributed by atoms with Crippen molar-refractivity contribution in [3.63, 3.8) is 0 Å². The molecule has 0 aromatic carbocycles. The van der Waals surface area contributed by atoms with E-state index in [4.69, 9.17) is 4.74 Å². The fraction of sp³-hybridized carbons (Fsp3) is 0.880. The molecule has 0 amide bonds. The van der Waals surface area contributed by atoms with Gasteiger partial charge in [-0.2, -0.15) is 0 Å². The maximum Gasteiger partial charge on any atom is 0.309 e. The van der Waals surface area contributed by atoms with Crippen LogP contribution in [0.2, 0.25) is 0 Å². The van der Waals surface area contributed by atoms with Crippen LogP contribution in [-0.2, 0) is 9.53 Å². The van der Waals surface area contributed by atoms with Crippen LogP contribution in [0.4, 0.5) is 0 Å². The molecule has 2 nitrogen and oxygen atoms in total. The van der Waals surface area contributed by atoms with E-state index in [0.717, 1.165) is 53.8 Å². The first-order valence-electron chi connectivity index (χ1n) is 12.1. The summed E-state index contributed by atoms with van der Waals surface area (Å²) in [6.45, 7) is 2.34. The number of hydrogen-bond donors (Lipinski definition) is 0. The third-order valence-electron chi connectivity index (χ3n) is 10.8. The second-order valence-corrected chi connectivity index (χ2v) is 11.7. The molecule has 0 aromatic rings. The minimum absolute atomic E-state index is 0.0730. The Hall–Kier alpha value is -0.790. The highest BCUT2D eigenvalue weighted by atomic mass is 16.6. The molecule has 2 heteroatoms. The summed E-state index contributed by atoms with van der Waals surface area (Å²) in [4.78, 5) is 13.5. The topological polar surface area (TPSA) is 26.3 Å². The zero-order valence-electron chi connectivity index (χ0n) is 16.7. The molecule has 8 aliphatic carbocycles. The number of hydrogen-bond acceptors (Lipinski definition) is 2. The number of carbonyl (C=O) groups is 1. The minimum atomic E-state index is -0.0730. The summed E-state index contributed by atoms with van der Waals surface area (Å²) in [7, 11) is 0. The van der Waals surface area contributed by atoms with E-state index in [1.807, 2.05) is 0 Å². The van der Waals surface area contributed by atoms with Gasteiger partial charge < -0.3 is 4.74 Å². The van der Waals surface area contributed by atoms with E-state index in [9.17, 15) is 4.79 Å². The molecule has 10 unspecified atom stereocenters. The van der Waals surface area contributed by atoms with E-state index < -0.39 is 0 Å². The molecule has 0 radical (unpaired) electrons. The monoisotopic (exact) mass is 366 g/mol. The Morgan fingerprint density at radius 1 is 0.926 bits per heavy atom. The molecule has 0 aromatic heterocycles. The van der Waals surface area contributed by atoms with Gasteiger partial charge in [0.2, 0.25) is 0 Å². The Morgan fingerprint density at radius 2 is 1.67 bits per heavy atom. The van der Waals surface area contributed by atoms with Crippen molar-refractivity contribution >= 4 is 5.97 Å². The number of allylic oxidation sites excluding steroid dienone is 2. The number of carbonyl (C=O) groups excluding carboxylic acids is 1. The second kappa shape index (κ2) is 5.22. The number of ether oxygens (including phenoxy) is 1. The normalized spacial score (nSPS) is 61.0. The molecule has 10 atom stereocenters. The summed E-state index contributed by atoms with van der Waals surface area (Å²) >= 11 is 0. The van der Waals surface area contributed by atoms with Crippen LogP contribution in [0.3, 0.4) is 0 Å². The molecule has 0 heterocycles. The van der Waals surface area contributed by atoms with Crippen molar-refractivity contribution in [1.29, 1.82) is 0 Å². The molecule has 0 spiro atoms. The van der Waals surface area contributed by atoms with Crippen LogP contribution in [0.15, 0.2) is 12.2 Å². The number of esters is 1. The third-order valence-corrected chi connectivity index (χ3v) is 10.8. The summed E-state index contributed by atoms with van der Waals surface area (Å²) in [5.41, 5.74) is -0.0730. The molecule has 0 aliphatic heterocycles. The van der Waals surface area contributed by atoms with E-state index in [-0.39, 0.29) is 17.5 Å². The lowest BCUT2D eigenvalue weighted by molar-refractivity contribution is -0.214. The van der Waals surface area contributed by atoms with Gasteiger partial charge in [0, 0.05) is 5.92 Å². The summed E-state index contributed by atoms with van der Waals surface area (Å²) in [5.74, 6) is 8.45. The van der Waals surface area contributed by atoms with Crippen LogP contribution < -0.4 is 0 Å². The van der Waals surface area contributed by atoms with E-state index in [2.05, 4.69) is 19.1 Å². The van der Waals surface area contributed by atoms with Crippen molar-refractivity contribution in [2.45, 2.75) is 70.3 Å². The Morgan fingerprint density at radius 3 is 2.41 bits per heavy atom. The lowest BCUT2D eigenvalue weighted by Crippen LogP contribution is -2.59. The van der Waals surface area contributed by atoms with Gasteiger partial charge in [-0.05, 0) is 111 Å². The molecule has 8 bridgehead atoms. The van der Waals surface area contributed by atoms with Crippen LogP contribution >= 0.6 is 0 Å². The van der Waals surface area contributed by atoms with Crippen molar-refractivity contribution in [2.24, 2.45) is 65.1 Å². The fourth-order valence-electron chi connectivity index (χ4n) is 10.5. The quantitative estimate of drug-likeness (QED) is 0.388. The van der Waals surface area contributed by atoms with E-state index >= 15 is 0 Å². The Bertz CT molecular complexity index is 695. The van der Waals surface area contributed by atoms with Crippen molar-refractivity contribution in [1.82, 2.24) is 0 Å². The van der Waals surface area contributed by atoms with Crippen molar-refractivity contribution in [3.8, 4) is 0 Å². The minimum Gasteiger partial charge on any atom is -0.459 e. The Labute approximate surface area is 163 Å². The highest BCUT2D eigenvalue weighted by Gasteiger charge is 2.64. The average Bonchev–Trinajstić information content (AvgIpc) is 3.40. The van der Waals surface area contributed by atoms with E-state index in [1.165, 1.54) is 51.4 Å². The second-order valence-electron chi connectivity index (χ2n) is 11.7. The molecule has 7 fully saturated rings. The third kappa shape index (κ3) is 1.96. The van der Waals surface area contributed by atoms with Crippen LogP contribution in [0.1, 0.15) is 64.7 Å². The average molecular weight is 367 g/mol. The molecule has 8 aliphatic rings. The van der Waals surface area contributed by atoms with Gasteiger partial charge >= 0.3 is 5.97 Å².